The molecule has 0 aliphatic heterocycles. The van der Waals surface area contributed by atoms with E-state index in [-0.39, 0.29) is 10.5 Å². The minimum Gasteiger partial charge on any atom is -0.322 e. The molecule has 0 bridgehead atoms. The maximum Gasteiger partial charge on any atom is 0.264 e. The van der Waals surface area contributed by atoms with Gasteiger partial charge in [0.2, 0.25) is 0 Å². The number of hydrogen-bond donors (Lipinski definition) is 1. The summed E-state index contributed by atoms with van der Waals surface area (Å²) in [7, 11) is -2.32. The molecule has 28 heavy (non-hydrogen) atoms. The van der Waals surface area contributed by atoms with E-state index in [2.05, 4.69) is 5.32 Å². The van der Waals surface area contributed by atoms with Crippen LogP contribution in [0.2, 0.25) is 5.02 Å². The molecule has 0 aromatic heterocycles. The molecule has 5 nitrogen and oxygen atoms in total. The first-order chi connectivity index (χ1) is 13.3. The van der Waals surface area contributed by atoms with Crippen LogP contribution >= 0.6 is 11.6 Å². The number of rotatable bonds is 5. The molecule has 0 saturated heterocycles. The van der Waals surface area contributed by atoms with Crippen molar-refractivity contribution in [1.29, 1.82) is 0 Å². The fourth-order valence-corrected chi connectivity index (χ4v) is 4.01. The van der Waals surface area contributed by atoms with Crippen molar-refractivity contribution in [1.82, 2.24) is 0 Å². The van der Waals surface area contributed by atoms with Gasteiger partial charge in [0.1, 0.15) is 0 Å². The van der Waals surface area contributed by atoms with Gasteiger partial charge in [0.25, 0.3) is 15.9 Å². The van der Waals surface area contributed by atoms with E-state index in [4.69, 9.17) is 11.6 Å². The molecule has 0 spiro atoms. The first-order valence-electron chi connectivity index (χ1n) is 8.50. The van der Waals surface area contributed by atoms with Crippen LogP contribution in [0.1, 0.15) is 15.9 Å². The number of carbonyl (C=O) groups excluding carboxylic acids is 1. The van der Waals surface area contributed by atoms with Gasteiger partial charge in [0.15, 0.2) is 0 Å². The van der Waals surface area contributed by atoms with E-state index in [1.807, 2.05) is 13.0 Å². The van der Waals surface area contributed by atoms with Gasteiger partial charge in [-0.1, -0.05) is 29.8 Å². The molecule has 3 rings (SSSR count). The summed E-state index contributed by atoms with van der Waals surface area (Å²) in [6.45, 7) is 1.89. The summed E-state index contributed by atoms with van der Waals surface area (Å²) in [5.74, 6) is -0.405. The number of nitrogens with zero attached hydrogens (tertiary/aromatic N) is 1. The van der Waals surface area contributed by atoms with Crippen LogP contribution in [-0.2, 0) is 10.0 Å². The predicted octanol–water partition coefficient (Wildman–Crippen LogP) is 4.73. The predicted molar refractivity (Wildman–Crippen MR) is 113 cm³/mol. The molecule has 0 radical (unpaired) electrons. The molecule has 7 heteroatoms. The van der Waals surface area contributed by atoms with Crippen LogP contribution in [0, 0.1) is 6.92 Å². The van der Waals surface area contributed by atoms with Crippen molar-refractivity contribution in [2.45, 2.75) is 11.8 Å². The van der Waals surface area contributed by atoms with Gasteiger partial charge in [-0.3, -0.25) is 9.10 Å². The summed E-state index contributed by atoms with van der Waals surface area (Å²) in [4.78, 5) is 12.6. The normalized spacial score (nSPS) is 11.1. The van der Waals surface area contributed by atoms with Crippen molar-refractivity contribution < 1.29 is 13.2 Å². The molecule has 0 atom stereocenters. The Bertz CT molecular complexity index is 1110. The Morgan fingerprint density at radius 2 is 1.64 bits per heavy atom. The lowest BCUT2D eigenvalue weighted by Crippen LogP contribution is -2.27. The van der Waals surface area contributed by atoms with E-state index in [0.717, 1.165) is 5.56 Å². The van der Waals surface area contributed by atoms with Gasteiger partial charge in [-0.05, 0) is 67.1 Å². The number of aryl methyl sites for hydroxylation is 1. The molecule has 0 heterocycles. The number of hydrogen-bond acceptors (Lipinski definition) is 3. The largest absolute Gasteiger partial charge is 0.322 e. The average Bonchev–Trinajstić information content (AvgIpc) is 2.69. The second kappa shape index (κ2) is 8.04. The fourth-order valence-electron chi connectivity index (χ4n) is 2.65. The lowest BCUT2D eigenvalue weighted by atomic mass is 10.2. The van der Waals surface area contributed by atoms with Gasteiger partial charge >= 0.3 is 0 Å². The molecule has 3 aromatic carbocycles. The van der Waals surface area contributed by atoms with Crippen LogP contribution in [0.3, 0.4) is 0 Å². The quantitative estimate of drug-likeness (QED) is 0.656. The van der Waals surface area contributed by atoms with E-state index < -0.39 is 15.9 Å². The smallest absolute Gasteiger partial charge is 0.264 e. The van der Waals surface area contributed by atoms with Crippen molar-refractivity contribution in [2.24, 2.45) is 0 Å². The number of benzene rings is 3. The molecule has 1 N–H and O–H groups in total. The standard InChI is InChI=1S/C21H19ClN2O3S/c1-15-5-3-7-19(13-15)24(2)28(26,27)20-8-4-6-16(14-20)21(25)23-18-11-9-17(22)10-12-18/h3-14H,1-2H3,(H,23,25). The second-order valence-corrected chi connectivity index (χ2v) is 8.71. The lowest BCUT2D eigenvalue weighted by molar-refractivity contribution is 0.102. The van der Waals surface area contributed by atoms with Crippen LogP contribution in [0.25, 0.3) is 0 Å². The lowest BCUT2D eigenvalue weighted by Gasteiger charge is -2.20. The summed E-state index contributed by atoms with van der Waals surface area (Å²) >= 11 is 5.84. The molecule has 0 saturated carbocycles. The van der Waals surface area contributed by atoms with E-state index in [1.54, 1.807) is 54.6 Å². The Hall–Kier alpha value is -2.83. The molecule has 144 valence electrons. The summed E-state index contributed by atoms with van der Waals surface area (Å²) in [5, 5.41) is 3.29. The fraction of sp³-hybridized carbons (Fsp3) is 0.0952. The van der Waals surface area contributed by atoms with Gasteiger partial charge < -0.3 is 5.32 Å². The molecule has 3 aromatic rings. The Labute approximate surface area is 169 Å². The molecule has 0 fully saturated rings. The minimum absolute atomic E-state index is 0.0419. The highest BCUT2D eigenvalue weighted by molar-refractivity contribution is 7.92. The molecule has 1 amide bonds. The topological polar surface area (TPSA) is 66.5 Å². The first-order valence-corrected chi connectivity index (χ1v) is 10.3. The van der Waals surface area contributed by atoms with Crippen LogP contribution in [-0.4, -0.2) is 21.4 Å². The average molecular weight is 415 g/mol. The van der Waals surface area contributed by atoms with Gasteiger partial charge in [-0.15, -0.1) is 0 Å². The van der Waals surface area contributed by atoms with Gasteiger partial charge in [0, 0.05) is 23.3 Å². The highest BCUT2D eigenvalue weighted by Gasteiger charge is 2.22. The Balaban J connectivity index is 1.87. The Kier molecular flexibility index (Phi) is 5.72. The third kappa shape index (κ3) is 4.35. The van der Waals surface area contributed by atoms with Crippen molar-refractivity contribution in [3.8, 4) is 0 Å². The highest BCUT2D eigenvalue weighted by atomic mass is 35.5. The number of nitrogens with one attached hydrogen (secondary N) is 1. The maximum absolute atomic E-state index is 13.0. The maximum atomic E-state index is 13.0. The summed E-state index contributed by atoms with van der Waals surface area (Å²) in [6.07, 6.45) is 0. The van der Waals surface area contributed by atoms with Crippen molar-refractivity contribution >= 4 is 38.9 Å². The van der Waals surface area contributed by atoms with Crippen molar-refractivity contribution in [2.75, 3.05) is 16.7 Å². The van der Waals surface area contributed by atoms with E-state index in [0.29, 0.717) is 16.4 Å². The Morgan fingerprint density at radius 1 is 0.964 bits per heavy atom. The third-order valence-electron chi connectivity index (χ3n) is 4.22. The summed E-state index contributed by atoms with van der Waals surface area (Å²) < 4.78 is 27.2. The van der Waals surface area contributed by atoms with E-state index in [1.165, 1.54) is 23.5 Å². The Morgan fingerprint density at radius 3 is 2.32 bits per heavy atom. The monoisotopic (exact) mass is 414 g/mol. The van der Waals surface area contributed by atoms with Gasteiger partial charge in [-0.2, -0.15) is 0 Å². The SMILES string of the molecule is Cc1cccc(N(C)S(=O)(=O)c2cccc(C(=O)Nc3ccc(Cl)cc3)c2)c1. The van der Waals surface area contributed by atoms with Crippen LogP contribution < -0.4 is 9.62 Å². The van der Waals surface area contributed by atoms with Crippen molar-refractivity contribution in [3.63, 3.8) is 0 Å². The van der Waals surface area contributed by atoms with Crippen molar-refractivity contribution in [3.05, 3.63) is 88.9 Å². The molecular weight excluding hydrogens is 396 g/mol. The number of amides is 1. The summed E-state index contributed by atoms with van der Waals surface area (Å²) in [5.41, 5.74) is 2.32. The van der Waals surface area contributed by atoms with Crippen LogP contribution in [0.5, 0.6) is 0 Å². The number of carbonyl (C=O) groups is 1. The van der Waals surface area contributed by atoms with Gasteiger partial charge in [-0.25, -0.2) is 8.42 Å². The second-order valence-electron chi connectivity index (χ2n) is 6.30. The third-order valence-corrected chi connectivity index (χ3v) is 6.26. The molecule has 0 aliphatic carbocycles. The minimum atomic E-state index is -3.81. The highest BCUT2D eigenvalue weighted by Crippen LogP contribution is 2.24. The zero-order valence-corrected chi connectivity index (χ0v) is 17.0. The number of anilines is 2. The summed E-state index contributed by atoms with van der Waals surface area (Å²) in [6, 6.07) is 19.8. The molecule has 0 unspecified atom stereocenters. The van der Waals surface area contributed by atoms with Crippen LogP contribution in [0.4, 0.5) is 11.4 Å². The first kappa shape index (κ1) is 19.9. The zero-order chi connectivity index (χ0) is 20.3. The van der Waals surface area contributed by atoms with Gasteiger partial charge in [0.05, 0.1) is 10.6 Å². The van der Waals surface area contributed by atoms with E-state index in [9.17, 15) is 13.2 Å². The molecular formula is C21H19ClN2O3S. The number of halogens is 1. The van der Waals surface area contributed by atoms with E-state index >= 15 is 0 Å². The van der Waals surface area contributed by atoms with Crippen LogP contribution in [0.15, 0.2) is 77.7 Å². The zero-order valence-electron chi connectivity index (χ0n) is 15.4. The number of sulfonamides is 1. The molecule has 0 aliphatic rings.